The van der Waals surface area contributed by atoms with Gasteiger partial charge in [0.05, 0.1) is 6.54 Å². The molecule has 7 heteroatoms. The number of aromatic nitrogens is 2. The van der Waals surface area contributed by atoms with Gasteiger partial charge in [-0.2, -0.15) is 4.98 Å². The van der Waals surface area contributed by atoms with E-state index in [0.29, 0.717) is 28.4 Å². The van der Waals surface area contributed by atoms with Crippen molar-refractivity contribution in [2.75, 3.05) is 7.05 Å². The molecule has 2 aromatic rings. The topological polar surface area (TPSA) is 54.2 Å². The summed E-state index contributed by atoms with van der Waals surface area (Å²) in [6.07, 6.45) is 0. The Hall–Kier alpha value is -1.66. The van der Waals surface area contributed by atoms with Gasteiger partial charge < -0.3 is 14.7 Å². The van der Waals surface area contributed by atoms with Crippen LogP contribution in [0.1, 0.15) is 19.7 Å². The van der Waals surface area contributed by atoms with Crippen molar-refractivity contribution >= 4 is 28.9 Å². The van der Waals surface area contributed by atoms with Crippen molar-refractivity contribution < 1.29 is 4.52 Å². The maximum absolute atomic E-state index is 5.97. The van der Waals surface area contributed by atoms with E-state index in [9.17, 15) is 0 Å². The van der Waals surface area contributed by atoms with Gasteiger partial charge in [0.15, 0.2) is 5.11 Å². The lowest BCUT2D eigenvalue weighted by Gasteiger charge is -2.27. The van der Waals surface area contributed by atoms with Crippen molar-refractivity contribution in [3.8, 4) is 11.4 Å². The van der Waals surface area contributed by atoms with Crippen molar-refractivity contribution in [2.24, 2.45) is 0 Å². The molecular weight excluding hydrogens is 308 g/mol. The van der Waals surface area contributed by atoms with Gasteiger partial charge in [-0.05, 0) is 38.2 Å². The summed E-state index contributed by atoms with van der Waals surface area (Å²) in [7, 11) is 1.79. The quantitative estimate of drug-likeness (QED) is 0.872. The Morgan fingerprint density at radius 1 is 1.48 bits per heavy atom. The van der Waals surface area contributed by atoms with Crippen LogP contribution in [0.3, 0.4) is 0 Å². The number of thiocarbonyl (C=S) groups is 1. The third-order valence-corrected chi connectivity index (χ3v) is 3.63. The van der Waals surface area contributed by atoms with Crippen molar-refractivity contribution in [1.82, 2.24) is 20.4 Å². The highest BCUT2D eigenvalue weighted by Gasteiger charge is 2.17. The summed E-state index contributed by atoms with van der Waals surface area (Å²) in [4.78, 5) is 6.37. The maximum atomic E-state index is 5.97. The van der Waals surface area contributed by atoms with Crippen molar-refractivity contribution in [2.45, 2.75) is 26.4 Å². The first-order chi connectivity index (χ1) is 10.0. The number of nitrogens with zero attached hydrogens (tertiary/aromatic N) is 3. The summed E-state index contributed by atoms with van der Waals surface area (Å²) in [5, 5.41) is 8.24. The summed E-state index contributed by atoms with van der Waals surface area (Å²) < 4.78 is 5.30. The normalized spacial score (nSPS) is 10.7. The fraction of sp³-hybridized carbons (Fsp3) is 0.357. The van der Waals surface area contributed by atoms with Crippen LogP contribution >= 0.6 is 23.8 Å². The SMILES string of the molecule is CNC(=S)N(Cc1nc(-c2cccc(Cl)c2)no1)C(C)C. The smallest absolute Gasteiger partial charge is 0.246 e. The highest BCUT2D eigenvalue weighted by Crippen LogP contribution is 2.20. The lowest BCUT2D eigenvalue weighted by Crippen LogP contribution is -2.41. The highest BCUT2D eigenvalue weighted by atomic mass is 35.5. The molecule has 21 heavy (non-hydrogen) atoms. The first kappa shape index (κ1) is 15.7. The Morgan fingerprint density at radius 3 is 2.86 bits per heavy atom. The maximum Gasteiger partial charge on any atom is 0.246 e. The molecule has 2 rings (SSSR count). The van der Waals surface area contributed by atoms with Gasteiger partial charge in [0.2, 0.25) is 11.7 Å². The summed E-state index contributed by atoms with van der Waals surface area (Å²) in [5.41, 5.74) is 0.824. The average Bonchev–Trinajstić information content (AvgIpc) is 2.92. The molecule has 0 atom stereocenters. The van der Waals surface area contributed by atoms with Gasteiger partial charge in [-0.25, -0.2) is 0 Å². The Bertz CT molecular complexity index is 629. The van der Waals surface area contributed by atoms with E-state index in [-0.39, 0.29) is 6.04 Å². The minimum absolute atomic E-state index is 0.228. The number of hydrogen-bond donors (Lipinski definition) is 1. The molecule has 0 aliphatic heterocycles. The molecule has 1 N–H and O–H groups in total. The van der Waals surface area contributed by atoms with E-state index in [1.165, 1.54) is 0 Å². The molecule has 0 aliphatic carbocycles. The van der Waals surface area contributed by atoms with Gasteiger partial charge in [0, 0.05) is 23.7 Å². The van der Waals surface area contributed by atoms with Gasteiger partial charge in [-0.15, -0.1) is 0 Å². The van der Waals surface area contributed by atoms with Crippen LogP contribution in [-0.2, 0) is 6.54 Å². The molecule has 0 unspecified atom stereocenters. The molecule has 0 radical (unpaired) electrons. The van der Waals surface area contributed by atoms with Crippen molar-refractivity contribution in [1.29, 1.82) is 0 Å². The molecule has 5 nitrogen and oxygen atoms in total. The molecule has 0 bridgehead atoms. The second-order valence-corrected chi connectivity index (χ2v) is 5.62. The summed E-state index contributed by atoms with van der Waals surface area (Å²) in [6.45, 7) is 4.57. The Morgan fingerprint density at radius 2 is 2.24 bits per heavy atom. The number of halogens is 1. The molecular formula is C14H17ClN4OS. The molecule has 1 heterocycles. The lowest BCUT2D eigenvalue weighted by molar-refractivity contribution is 0.278. The predicted molar refractivity (Wildman–Crippen MR) is 87.1 cm³/mol. The fourth-order valence-electron chi connectivity index (χ4n) is 1.84. The first-order valence-corrected chi connectivity index (χ1v) is 7.36. The number of nitrogens with one attached hydrogen (secondary N) is 1. The largest absolute Gasteiger partial charge is 0.366 e. The van der Waals surface area contributed by atoms with E-state index < -0.39 is 0 Å². The molecule has 1 aromatic carbocycles. The van der Waals surface area contributed by atoms with Crippen LogP contribution in [0.15, 0.2) is 28.8 Å². The van der Waals surface area contributed by atoms with E-state index in [1.54, 1.807) is 19.2 Å². The van der Waals surface area contributed by atoms with Crippen LogP contribution in [0.4, 0.5) is 0 Å². The molecule has 0 saturated heterocycles. The number of hydrogen-bond acceptors (Lipinski definition) is 4. The van der Waals surface area contributed by atoms with E-state index in [1.807, 2.05) is 17.0 Å². The van der Waals surface area contributed by atoms with E-state index in [2.05, 4.69) is 29.3 Å². The number of benzene rings is 1. The third-order valence-electron chi connectivity index (χ3n) is 2.95. The average molecular weight is 325 g/mol. The van der Waals surface area contributed by atoms with Gasteiger partial charge in [-0.3, -0.25) is 0 Å². The molecule has 0 saturated carbocycles. The lowest BCUT2D eigenvalue weighted by atomic mass is 10.2. The van der Waals surface area contributed by atoms with Crippen LogP contribution in [0.25, 0.3) is 11.4 Å². The minimum Gasteiger partial charge on any atom is -0.366 e. The second kappa shape index (κ2) is 6.87. The zero-order valence-corrected chi connectivity index (χ0v) is 13.7. The second-order valence-electron chi connectivity index (χ2n) is 4.80. The molecule has 0 amide bonds. The van der Waals surface area contributed by atoms with Gasteiger partial charge in [0.1, 0.15) is 0 Å². The molecule has 0 fully saturated rings. The molecule has 112 valence electrons. The van der Waals surface area contributed by atoms with Gasteiger partial charge >= 0.3 is 0 Å². The fourth-order valence-corrected chi connectivity index (χ4v) is 2.31. The van der Waals surface area contributed by atoms with Crippen LogP contribution in [-0.4, -0.2) is 33.2 Å². The van der Waals surface area contributed by atoms with Crippen molar-refractivity contribution in [3.05, 3.63) is 35.2 Å². The van der Waals surface area contributed by atoms with E-state index >= 15 is 0 Å². The summed E-state index contributed by atoms with van der Waals surface area (Å²) >= 11 is 11.2. The minimum atomic E-state index is 0.228. The van der Waals surface area contributed by atoms with Crippen LogP contribution in [0.5, 0.6) is 0 Å². The van der Waals surface area contributed by atoms with Crippen LogP contribution in [0, 0.1) is 0 Å². The van der Waals surface area contributed by atoms with Crippen molar-refractivity contribution in [3.63, 3.8) is 0 Å². The first-order valence-electron chi connectivity index (χ1n) is 6.58. The zero-order valence-electron chi connectivity index (χ0n) is 12.1. The Balaban J connectivity index is 2.18. The summed E-state index contributed by atoms with van der Waals surface area (Å²) in [5.74, 6) is 1.03. The van der Waals surface area contributed by atoms with Crippen LogP contribution < -0.4 is 5.32 Å². The van der Waals surface area contributed by atoms with Crippen LogP contribution in [0.2, 0.25) is 5.02 Å². The monoisotopic (exact) mass is 324 g/mol. The zero-order chi connectivity index (χ0) is 15.4. The highest BCUT2D eigenvalue weighted by molar-refractivity contribution is 7.80. The predicted octanol–water partition coefficient (Wildman–Crippen LogP) is 3.10. The van der Waals surface area contributed by atoms with E-state index in [4.69, 9.17) is 28.3 Å². The Labute approximate surface area is 134 Å². The molecule has 1 aromatic heterocycles. The molecule has 0 spiro atoms. The van der Waals surface area contributed by atoms with Gasteiger partial charge in [-0.1, -0.05) is 28.9 Å². The van der Waals surface area contributed by atoms with E-state index in [0.717, 1.165) is 5.56 Å². The summed E-state index contributed by atoms with van der Waals surface area (Å²) in [6, 6.07) is 7.57. The number of rotatable bonds is 4. The third kappa shape index (κ3) is 3.92. The van der Waals surface area contributed by atoms with Gasteiger partial charge in [0.25, 0.3) is 0 Å². The molecule has 0 aliphatic rings. The standard InChI is InChI=1S/C14H17ClN4OS/c1-9(2)19(14(21)16-3)8-12-17-13(18-20-12)10-5-4-6-11(15)7-10/h4-7,9H,8H2,1-3H3,(H,16,21). The Kier molecular flexibility index (Phi) is 5.14.